The van der Waals surface area contributed by atoms with E-state index in [4.69, 9.17) is 4.99 Å². The molecule has 1 saturated heterocycles. The molecule has 144 valence electrons. The Morgan fingerprint density at radius 2 is 2.11 bits per heavy atom. The molecule has 0 aromatic heterocycles. The van der Waals surface area contributed by atoms with E-state index in [9.17, 15) is 0 Å². The minimum Gasteiger partial charge on any atom is -0.376 e. The highest BCUT2D eigenvalue weighted by atomic mass is 15.1. The summed E-state index contributed by atoms with van der Waals surface area (Å²) in [5.74, 6) is 8.17. The molecular weight excluding hydrogens is 330 g/mol. The molecule has 1 aliphatic carbocycles. The number of likely N-dealkylation sites (N-methyl/N-ethyl adjacent to an activating group) is 1. The van der Waals surface area contributed by atoms with E-state index < -0.39 is 0 Å². The zero-order chi connectivity index (χ0) is 19.0. The van der Waals surface area contributed by atoms with E-state index in [2.05, 4.69) is 48.9 Å². The largest absolute Gasteiger partial charge is 0.376 e. The molecule has 2 heterocycles. The fraction of sp³-hybridized carbons (Fsp3) is 0.625. The minimum atomic E-state index is 0.160. The van der Waals surface area contributed by atoms with Gasteiger partial charge in [-0.15, -0.1) is 0 Å². The molecule has 1 N–H and O–H groups in total. The van der Waals surface area contributed by atoms with Gasteiger partial charge in [-0.2, -0.15) is 0 Å². The molecule has 0 radical (unpaired) electrons. The van der Waals surface area contributed by atoms with Gasteiger partial charge >= 0.3 is 0 Å². The Labute approximate surface area is 164 Å². The van der Waals surface area contributed by atoms with Crippen molar-refractivity contribution in [3.05, 3.63) is 28.3 Å². The summed E-state index contributed by atoms with van der Waals surface area (Å²) in [5.41, 5.74) is 6.84. The number of hydrogen-bond donors (Lipinski definition) is 1. The molecule has 2 fully saturated rings. The number of hydrogen-bond acceptors (Lipinski definition) is 3. The Kier molecular flexibility index (Phi) is 5.03. The smallest absolute Gasteiger partial charge is 0.113 e. The predicted octanol–water partition coefficient (Wildman–Crippen LogP) is 4.47. The van der Waals surface area contributed by atoms with E-state index in [1.807, 2.05) is 7.05 Å². The molecule has 3 nitrogen and oxygen atoms in total. The SMILES string of the molecule is CCc1c(C#CCN2CCCCC2C)cc2c(c1C)C1(CCC1)C(NC)=N2. The number of fused-ring (bicyclic) bond motifs is 2. The Hall–Kier alpha value is -1.79. The standard InChI is InChI=1S/C24H33N3/c1-5-20-18(3)22-21(26-23(25-4)24(22)12-9-13-24)16-19(20)11-8-15-27-14-7-6-10-17(27)2/h16-17H,5-7,9-10,12-15H2,1-4H3,(H,25,26). The van der Waals surface area contributed by atoms with E-state index in [1.54, 1.807) is 0 Å². The number of amidine groups is 1. The van der Waals surface area contributed by atoms with Gasteiger partial charge in [0.2, 0.25) is 0 Å². The molecule has 0 amide bonds. The third-order valence-corrected chi connectivity index (χ3v) is 7.10. The van der Waals surface area contributed by atoms with Gasteiger partial charge in [0.05, 0.1) is 17.6 Å². The van der Waals surface area contributed by atoms with Gasteiger partial charge in [-0.1, -0.05) is 31.6 Å². The molecule has 3 heteroatoms. The van der Waals surface area contributed by atoms with E-state index in [-0.39, 0.29) is 5.41 Å². The lowest BCUT2D eigenvalue weighted by molar-refractivity contribution is 0.182. The van der Waals surface area contributed by atoms with Crippen LogP contribution in [0.15, 0.2) is 11.1 Å². The van der Waals surface area contributed by atoms with Crippen molar-refractivity contribution in [1.82, 2.24) is 10.2 Å². The van der Waals surface area contributed by atoms with Crippen LogP contribution in [0.25, 0.3) is 0 Å². The van der Waals surface area contributed by atoms with E-state index in [1.165, 1.54) is 73.2 Å². The van der Waals surface area contributed by atoms with Crippen molar-refractivity contribution in [2.75, 3.05) is 20.1 Å². The third kappa shape index (κ3) is 2.99. The lowest BCUT2D eigenvalue weighted by Gasteiger charge is -2.41. The average molecular weight is 364 g/mol. The minimum absolute atomic E-state index is 0.160. The zero-order valence-electron chi connectivity index (χ0n) is 17.4. The van der Waals surface area contributed by atoms with Crippen LogP contribution in [0.1, 0.15) is 74.6 Å². The van der Waals surface area contributed by atoms with Crippen molar-refractivity contribution in [3.63, 3.8) is 0 Å². The van der Waals surface area contributed by atoms with Crippen LogP contribution in [0, 0.1) is 18.8 Å². The van der Waals surface area contributed by atoms with Gasteiger partial charge in [0.1, 0.15) is 5.84 Å². The van der Waals surface area contributed by atoms with Crippen LogP contribution in [-0.4, -0.2) is 36.9 Å². The van der Waals surface area contributed by atoms with Crippen LogP contribution in [0.3, 0.4) is 0 Å². The molecule has 0 bridgehead atoms. The molecule has 27 heavy (non-hydrogen) atoms. The van der Waals surface area contributed by atoms with Crippen LogP contribution in [0.4, 0.5) is 5.69 Å². The van der Waals surface area contributed by atoms with Crippen molar-refractivity contribution in [2.45, 2.75) is 77.2 Å². The van der Waals surface area contributed by atoms with Gasteiger partial charge in [-0.05, 0) is 75.3 Å². The van der Waals surface area contributed by atoms with Crippen molar-refractivity contribution in [1.29, 1.82) is 0 Å². The Morgan fingerprint density at radius 1 is 1.30 bits per heavy atom. The van der Waals surface area contributed by atoms with Gasteiger partial charge in [-0.3, -0.25) is 4.90 Å². The second-order valence-corrected chi connectivity index (χ2v) is 8.54. The first kappa shape index (κ1) is 18.6. The summed E-state index contributed by atoms with van der Waals surface area (Å²) in [4.78, 5) is 7.51. The van der Waals surface area contributed by atoms with Crippen molar-refractivity contribution >= 4 is 11.5 Å². The average Bonchev–Trinajstić information content (AvgIpc) is 2.98. The number of nitrogens with zero attached hydrogens (tertiary/aromatic N) is 2. The van der Waals surface area contributed by atoms with Crippen LogP contribution in [-0.2, 0) is 11.8 Å². The molecule has 1 unspecified atom stereocenters. The first-order chi connectivity index (χ1) is 13.1. The van der Waals surface area contributed by atoms with Crippen LogP contribution >= 0.6 is 0 Å². The summed E-state index contributed by atoms with van der Waals surface area (Å²) >= 11 is 0. The lowest BCUT2D eigenvalue weighted by Crippen LogP contribution is -2.46. The Bertz CT molecular complexity index is 820. The first-order valence-electron chi connectivity index (χ1n) is 10.8. The molecule has 1 atom stereocenters. The van der Waals surface area contributed by atoms with Gasteiger partial charge in [0.15, 0.2) is 0 Å². The molecule has 1 spiro atoms. The van der Waals surface area contributed by atoms with Gasteiger partial charge in [0.25, 0.3) is 0 Å². The number of likely N-dealkylation sites (tertiary alicyclic amines) is 1. The normalized spacial score (nSPS) is 23.3. The number of piperidine rings is 1. The van der Waals surface area contributed by atoms with Gasteiger partial charge in [-0.25, -0.2) is 4.99 Å². The fourth-order valence-electron chi connectivity index (χ4n) is 5.39. The number of aliphatic imine (C=N–C) groups is 1. The van der Waals surface area contributed by atoms with Gasteiger partial charge in [0, 0.05) is 18.7 Å². The highest BCUT2D eigenvalue weighted by molar-refractivity contribution is 6.01. The first-order valence-corrected chi connectivity index (χ1v) is 10.8. The van der Waals surface area contributed by atoms with E-state index in [0.29, 0.717) is 6.04 Å². The quantitative estimate of drug-likeness (QED) is 0.785. The molecule has 4 rings (SSSR count). The van der Waals surface area contributed by atoms with Crippen LogP contribution < -0.4 is 5.32 Å². The predicted molar refractivity (Wildman–Crippen MR) is 114 cm³/mol. The Morgan fingerprint density at radius 3 is 2.74 bits per heavy atom. The third-order valence-electron chi connectivity index (χ3n) is 7.10. The summed E-state index contributed by atoms with van der Waals surface area (Å²) < 4.78 is 0. The second kappa shape index (κ2) is 7.32. The van der Waals surface area contributed by atoms with Crippen LogP contribution in [0.5, 0.6) is 0 Å². The fourth-order valence-corrected chi connectivity index (χ4v) is 5.39. The second-order valence-electron chi connectivity index (χ2n) is 8.54. The molecule has 1 aromatic carbocycles. The maximum absolute atomic E-state index is 4.98. The number of nitrogens with one attached hydrogen (secondary N) is 1. The number of benzene rings is 1. The molecular formula is C24H33N3. The van der Waals surface area contributed by atoms with E-state index >= 15 is 0 Å². The monoisotopic (exact) mass is 363 g/mol. The van der Waals surface area contributed by atoms with Crippen molar-refractivity contribution < 1.29 is 0 Å². The lowest BCUT2D eigenvalue weighted by atomic mass is 9.62. The van der Waals surface area contributed by atoms with Crippen molar-refractivity contribution in [2.24, 2.45) is 4.99 Å². The summed E-state index contributed by atoms with van der Waals surface area (Å²) in [6.45, 7) is 8.97. The van der Waals surface area contributed by atoms with Gasteiger partial charge < -0.3 is 5.32 Å². The van der Waals surface area contributed by atoms with Crippen molar-refractivity contribution in [3.8, 4) is 11.8 Å². The topological polar surface area (TPSA) is 27.6 Å². The number of rotatable bonds is 2. The van der Waals surface area contributed by atoms with E-state index in [0.717, 1.165) is 18.7 Å². The maximum Gasteiger partial charge on any atom is 0.113 e. The van der Waals surface area contributed by atoms with Crippen LogP contribution in [0.2, 0.25) is 0 Å². The molecule has 2 aliphatic heterocycles. The summed E-state index contributed by atoms with van der Waals surface area (Å²) in [7, 11) is 2.02. The highest BCUT2D eigenvalue weighted by Crippen LogP contribution is 2.54. The molecule has 3 aliphatic rings. The summed E-state index contributed by atoms with van der Waals surface area (Å²) in [5, 5.41) is 3.39. The maximum atomic E-state index is 4.98. The highest BCUT2D eigenvalue weighted by Gasteiger charge is 2.49. The summed E-state index contributed by atoms with van der Waals surface area (Å²) in [6, 6.07) is 2.93. The Balaban J connectivity index is 1.66. The molecule has 1 saturated carbocycles. The summed E-state index contributed by atoms with van der Waals surface area (Å²) in [6.07, 6.45) is 8.77. The zero-order valence-corrected chi connectivity index (χ0v) is 17.4. The molecule has 1 aromatic rings.